The zero-order chi connectivity index (χ0) is 32.8. The first-order valence-corrected chi connectivity index (χ1v) is 14.5. The number of aliphatic carboxylic acids is 2. The third-order valence-corrected chi connectivity index (χ3v) is 9.19. The summed E-state index contributed by atoms with van der Waals surface area (Å²) < 4.78 is 92.5. The van der Waals surface area contributed by atoms with Crippen molar-refractivity contribution in [3.05, 3.63) is 65.6 Å². The van der Waals surface area contributed by atoms with Gasteiger partial charge < -0.3 is 20.5 Å². The number of nitrogens with two attached hydrogens (primary N) is 1. The van der Waals surface area contributed by atoms with Gasteiger partial charge in [0.1, 0.15) is 5.84 Å². The zero-order valence-corrected chi connectivity index (χ0v) is 23.8. The van der Waals surface area contributed by atoms with Gasteiger partial charge in [0.15, 0.2) is 0 Å². The van der Waals surface area contributed by atoms with Crippen molar-refractivity contribution in [2.75, 3.05) is 6.26 Å². The number of carbonyl (C=O) groups is 2. The molecule has 0 saturated heterocycles. The summed E-state index contributed by atoms with van der Waals surface area (Å²) in [5, 5.41) is 21.8. The van der Waals surface area contributed by atoms with Gasteiger partial charge in [0, 0.05) is 6.20 Å². The number of nitrogen functional groups attached to an aromatic ring is 1. The molecule has 0 fully saturated rings. The number of aromatic nitrogens is 3. The summed E-state index contributed by atoms with van der Waals surface area (Å²) in [6.07, 6.45) is -4.95. The number of amidine groups is 1. The van der Waals surface area contributed by atoms with E-state index in [2.05, 4.69) is 9.97 Å². The summed E-state index contributed by atoms with van der Waals surface area (Å²) in [6.45, 7) is 0.548. The summed E-state index contributed by atoms with van der Waals surface area (Å²) in [6, 6.07) is 12.1. The predicted molar refractivity (Wildman–Crippen MR) is 143 cm³/mol. The van der Waals surface area contributed by atoms with Gasteiger partial charge in [-0.2, -0.15) is 26.3 Å². The van der Waals surface area contributed by atoms with E-state index >= 15 is 0 Å². The number of hydrogen-bond acceptors (Lipinski definition) is 9. The molecule has 43 heavy (non-hydrogen) atoms. The number of benzene rings is 1. The van der Waals surface area contributed by atoms with Crippen molar-refractivity contribution in [2.45, 2.75) is 32.9 Å². The third-order valence-electron chi connectivity index (χ3n) is 4.85. The van der Waals surface area contributed by atoms with Gasteiger partial charge in [0.2, 0.25) is 9.84 Å². The molecule has 0 aliphatic heterocycles. The fourth-order valence-corrected chi connectivity index (χ4v) is 6.83. The van der Waals surface area contributed by atoms with E-state index in [9.17, 15) is 34.8 Å². The van der Waals surface area contributed by atoms with Crippen molar-refractivity contribution >= 4 is 61.7 Å². The summed E-state index contributed by atoms with van der Waals surface area (Å²) in [5.41, 5.74) is 7.86. The number of alkyl halides is 6. The molecular weight excluding hydrogens is 652 g/mol. The highest BCUT2D eigenvalue weighted by Crippen LogP contribution is 2.37. The van der Waals surface area contributed by atoms with Crippen LogP contribution in [0.5, 0.6) is 0 Å². The highest BCUT2D eigenvalue weighted by Gasteiger charge is 2.38. The van der Waals surface area contributed by atoms with E-state index in [4.69, 9.17) is 30.9 Å². The highest BCUT2D eigenvalue weighted by atomic mass is 32.2. The van der Waals surface area contributed by atoms with E-state index in [0.717, 1.165) is 11.2 Å². The number of pyridine rings is 1. The maximum absolute atomic E-state index is 13.2. The van der Waals surface area contributed by atoms with Crippen LogP contribution in [0.4, 0.5) is 26.3 Å². The van der Waals surface area contributed by atoms with Gasteiger partial charge >= 0.3 is 24.3 Å². The van der Waals surface area contributed by atoms with E-state index < -0.39 is 34.1 Å². The van der Waals surface area contributed by atoms with Gasteiger partial charge in [-0.25, -0.2) is 23.0 Å². The molecule has 0 aliphatic rings. The fourth-order valence-electron chi connectivity index (χ4n) is 2.95. The Bertz CT molecular complexity index is 1700. The predicted octanol–water partition coefficient (Wildman–Crippen LogP) is 4.65. The minimum Gasteiger partial charge on any atom is -0.475 e. The number of thiophene rings is 1. The molecule has 0 radical (unpaired) electrons. The maximum atomic E-state index is 13.2. The Kier molecular flexibility index (Phi) is 11.3. The molecule has 4 rings (SSSR count). The molecule has 232 valence electrons. The van der Waals surface area contributed by atoms with Gasteiger partial charge in [-0.05, 0) is 42.7 Å². The van der Waals surface area contributed by atoms with E-state index in [-0.39, 0.29) is 15.6 Å². The van der Waals surface area contributed by atoms with E-state index in [0.29, 0.717) is 21.1 Å². The Hall–Kier alpha value is -4.17. The molecule has 3 aromatic heterocycles. The number of carboxylic acid groups (broad SMARTS) is 2. The molecule has 0 amide bonds. The number of carboxylic acids is 2. The van der Waals surface area contributed by atoms with Crippen LogP contribution in [-0.2, 0) is 26.0 Å². The molecule has 1 aromatic carbocycles. The molecule has 0 aliphatic carbocycles. The molecular formula is C23H19F6N5O6S3. The van der Waals surface area contributed by atoms with Crippen molar-refractivity contribution in [2.24, 2.45) is 5.73 Å². The maximum Gasteiger partial charge on any atom is 0.490 e. The SMILES string of the molecule is CSc1sc(C(=N)N)cc1S(=O)(=O)c1ccc2c(c1)ncn2Cc1ccccn1.O=C(O)C(F)(F)F.O=C(O)C(F)(F)F. The first-order chi connectivity index (χ1) is 19.8. The summed E-state index contributed by atoms with van der Waals surface area (Å²) in [7, 11) is -3.76. The van der Waals surface area contributed by atoms with E-state index in [1.165, 1.54) is 29.2 Å². The van der Waals surface area contributed by atoms with Crippen LogP contribution >= 0.6 is 23.1 Å². The summed E-state index contributed by atoms with van der Waals surface area (Å²) in [5.74, 6) is -5.66. The second kappa shape index (κ2) is 13.9. The minimum atomic E-state index is -5.08. The van der Waals surface area contributed by atoms with Crippen molar-refractivity contribution < 1.29 is 54.6 Å². The second-order valence-corrected chi connectivity index (χ2v) is 11.9. The molecule has 3 heterocycles. The molecule has 0 bridgehead atoms. The van der Waals surface area contributed by atoms with Crippen molar-refractivity contribution in [3.63, 3.8) is 0 Å². The molecule has 0 atom stereocenters. The van der Waals surface area contributed by atoms with Crippen LogP contribution < -0.4 is 5.73 Å². The Labute approximate surface area is 246 Å². The second-order valence-electron chi connectivity index (χ2n) is 7.83. The normalized spacial score (nSPS) is 11.6. The van der Waals surface area contributed by atoms with Crippen molar-refractivity contribution in [1.82, 2.24) is 14.5 Å². The molecule has 0 saturated carbocycles. The van der Waals surface area contributed by atoms with Gasteiger partial charge in [-0.1, -0.05) is 6.07 Å². The zero-order valence-electron chi connectivity index (χ0n) is 21.3. The molecule has 0 unspecified atom stereocenters. The lowest BCUT2D eigenvalue weighted by Gasteiger charge is -2.06. The molecule has 5 N–H and O–H groups in total. The number of nitrogens with zero attached hydrogens (tertiary/aromatic N) is 3. The standard InChI is InChI=1S/C19H17N5O2S3.2C2HF3O2/c1-27-19-17(9-16(28-19)18(20)21)29(25,26)13-5-6-15-14(8-13)23-11-24(15)10-12-4-2-3-7-22-12;2*3-2(4,5)1(6)7/h2-9,11H,10H2,1H3,(H3,20,21);2*(H,6,7). The summed E-state index contributed by atoms with van der Waals surface area (Å²) in [4.78, 5) is 27.3. The molecule has 20 heteroatoms. The topological polar surface area (TPSA) is 189 Å². The number of hydrogen-bond donors (Lipinski definition) is 4. The Morgan fingerprint density at radius 1 is 1.02 bits per heavy atom. The monoisotopic (exact) mass is 671 g/mol. The smallest absolute Gasteiger partial charge is 0.475 e. The molecule has 11 nitrogen and oxygen atoms in total. The first kappa shape index (κ1) is 35.0. The lowest BCUT2D eigenvalue weighted by Crippen LogP contribution is -2.21. The number of halogens is 6. The largest absolute Gasteiger partial charge is 0.490 e. The fraction of sp³-hybridized carbons (Fsp3) is 0.174. The van der Waals surface area contributed by atoms with Crippen LogP contribution in [0.2, 0.25) is 0 Å². The number of imidazole rings is 1. The van der Waals surface area contributed by atoms with Crippen LogP contribution in [0.1, 0.15) is 10.6 Å². The van der Waals surface area contributed by atoms with Crippen LogP contribution in [0.15, 0.2) is 69.0 Å². The molecule has 4 aromatic rings. The number of rotatable bonds is 6. The number of nitrogens with one attached hydrogen (secondary N) is 1. The van der Waals surface area contributed by atoms with Gasteiger partial charge in [-0.15, -0.1) is 23.1 Å². The summed E-state index contributed by atoms with van der Waals surface area (Å²) >= 11 is 2.53. The lowest BCUT2D eigenvalue weighted by atomic mass is 10.3. The molecule has 0 spiro atoms. The van der Waals surface area contributed by atoms with E-state index in [1.54, 1.807) is 37.0 Å². The van der Waals surface area contributed by atoms with Gasteiger partial charge in [0.05, 0.1) is 48.5 Å². The first-order valence-electron chi connectivity index (χ1n) is 11.0. The van der Waals surface area contributed by atoms with Gasteiger partial charge in [-0.3, -0.25) is 10.4 Å². The Morgan fingerprint density at radius 2 is 1.60 bits per heavy atom. The van der Waals surface area contributed by atoms with Crippen LogP contribution in [0.3, 0.4) is 0 Å². The average molecular weight is 672 g/mol. The van der Waals surface area contributed by atoms with E-state index in [1.807, 2.05) is 22.8 Å². The van der Waals surface area contributed by atoms with Crippen LogP contribution in [0, 0.1) is 5.41 Å². The number of sulfone groups is 1. The highest BCUT2D eigenvalue weighted by molar-refractivity contribution is 8.01. The van der Waals surface area contributed by atoms with Gasteiger partial charge in [0.25, 0.3) is 0 Å². The Balaban J connectivity index is 0.000000384. The number of fused-ring (bicyclic) bond motifs is 1. The van der Waals surface area contributed by atoms with Crippen molar-refractivity contribution in [1.29, 1.82) is 5.41 Å². The third kappa shape index (κ3) is 9.41. The minimum absolute atomic E-state index is 0.143. The van der Waals surface area contributed by atoms with Crippen LogP contribution in [-0.4, -0.2) is 69.5 Å². The van der Waals surface area contributed by atoms with Crippen molar-refractivity contribution in [3.8, 4) is 0 Å². The Morgan fingerprint density at radius 3 is 2.07 bits per heavy atom. The number of thioether (sulfide) groups is 1. The average Bonchev–Trinajstić information content (AvgIpc) is 3.54. The lowest BCUT2D eigenvalue weighted by molar-refractivity contribution is -0.193. The quantitative estimate of drug-likeness (QED) is 0.0972. The van der Waals surface area contributed by atoms with Crippen LogP contribution in [0.25, 0.3) is 11.0 Å².